The van der Waals surface area contributed by atoms with Crippen molar-refractivity contribution in [2.24, 2.45) is 5.92 Å². The standard InChI is InChI=1S/C21H35N3O/c1-4-7-18(2)17-21(25)22-10-6-11-23-12-14-24(15-13-23)20-9-5-8-19(3)16-20/h5,8-9,16,18H,4,6-7,10-15,17H2,1-3H3,(H,22,25). The van der Waals surface area contributed by atoms with Crippen LogP contribution in [0.5, 0.6) is 0 Å². The molecule has 0 bridgehead atoms. The van der Waals surface area contributed by atoms with Crippen LogP contribution in [0.15, 0.2) is 24.3 Å². The topological polar surface area (TPSA) is 35.6 Å². The molecule has 0 aromatic heterocycles. The molecule has 1 N–H and O–H groups in total. The summed E-state index contributed by atoms with van der Waals surface area (Å²) in [5.74, 6) is 0.713. The van der Waals surface area contributed by atoms with Crippen molar-refractivity contribution in [2.45, 2.75) is 46.5 Å². The van der Waals surface area contributed by atoms with Crippen LogP contribution in [0.3, 0.4) is 0 Å². The summed E-state index contributed by atoms with van der Waals surface area (Å²) >= 11 is 0. The quantitative estimate of drug-likeness (QED) is 0.696. The Morgan fingerprint density at radius 3 is 2.68 bits per heavy atom. The summed E-state index contributed by atoms with van der Waals surface area (Å²) in [6.07, 6.45) is 4.00. The molecule has 1 heterocycles. The molecule has 0 radical (unpaired) electrons. The van der Waals surface area contributed by atoms with E-state index < -0.39 is 0 Å². The largest absolute Gasteiger partial charge is 0.369 e. The van der Waals surface area contributed by atoms with Gasteiger partial charge in [0, 0.05) is 44.8 Å². The molecule has 1 aromatic rings. The molecule has 2 rings (SSSR count). The molecule has 1 unspecified atom stereocenters. The first-order chi connectivity index (χ1) is 12.1. The van der Waals surface area contributed by atoms with Gasteiger partial charge in [-0.1, -0.05) is 38.8 Å². The van der Waals surface area contributed by atoms with Crippen LogP contribution in [0, 0.1) is 12.8 Å². The fraction of sp³-hybridized carbons (Fsp3) is 0.667. The molecular formula is C21H35N3O. The van der Waals surface area contributed by atoms with Gasteiger partial charge in [0.25, 0.3) is 0 Å². The van der Waals surface area contributed by atoms with Crippen LogP contribution < -0.4 is 10.2 Å². The van der Waals surface area contributed by atoms with E-state index >= 15 is 0 Å². The highest BCUT2D eigenvalue weighted by atomic mass is 16.1. The fourth-order valence-electron chi connectivity index (χ4n) is 3.57. The molecule has 0 saturated carbocycles. The van der Waals surface area contributed by atoms with Gasteiger partial charge in [-0.05, 0) is 43.5 Å². The minimum Gasteiger partial charge on any atom is -0.369 e. The van der Waals surface area contributed by atoms with E-state index in [0.717, 1.165) is 58.5 Å². The van der Waals surface area contributed by atoms with Crippen molar-refractivity contribution >= 4 is 11.6 Å². The molecule has 4 heteroatoms. The van der Waals surface area contributed by atoms with E-state index in [1.807, 2.05) is 0 Å². The number of carbonyl (C=O) groups excluding carboxylic acids is 1. The van der Waals surface area contributed by atoms with Crippen molar-refractivity contribution in [3.05, 3.63) is 29.8 Å². The first-order valence-electron chi connectivity index (χ1n) is 9.89. The first-order valence-corrected chi connectivity index (χ1v) is 9.89. The molecule has 25 heavy (non-hydrogen) atoms. The van der Waals surface area contributed by atoms with Crippen LogP contribution >= 0.6 is 0 Å². The number of benzene rings is 1. The predicted molar refractivity (Wildman–Crippen MR) is 106 cm³/mol. The van der Waals surface area contributed by atoms with Crippen LogP contribution in [0.1, 0.15) is 45.1 Å². The Labute approximate surface area is 153 Å². The minimum absolute atomic E-state index is 0.213. The van der Waals surface area contributed by atoms with E-state index in [1.165, 1.54) is 11.3 Å². The van der Waals surface area contributed by atoms with Crippen LogP contribution in [-0.4, -0.2) is 50.1 Å². The molecule has 0 aliphatic carbocycles. The molecule has 1 amide bonds. The number of rotatable bonds is 9. The molecule has 0 spiro atoms. The van der Waals surface area contributed by atoms with E-state index in [-0.39, 0.29) is 5.91 Å². The maximum atomic E-state index is 11.9. The highest BCUT2D eigenvalue weighted by molar-refractivity contribution is 5.76. The SMILES string of the molecule is CCCC(C)CC(=O)NCCCN1CCN(c2cccc(C)c2)CC1. The van der Waals surface area contributed by atoms with Crippen molar-refractivity contribution in [2.75, 3.05) is 44.2 Å². The van der Waals surface area contributed by atoms with Crippen LogP contribution in [0.2, 0.25) is 0 Å². The second-order valence-corrected chi connectivity index (χ2v) is 7.47. The van der Waals surface area contributed by atoms with Crippen molar-refractivity contribution in [1.29, 1.82) is 0 Å². The minimum atomic E-state index is 0.213. The number of amides is 1. The summed E-state index contributed by atoms with van der Waals surface area (Å²) in [5, 5.41) is 3.08. The van der Waals surface area contributed by atoms with Crippen LogP contribution in [-0.2, 0) is 4.79 Å². The van der Waals surface area contributed by atoms with Crippen molar-refractivity contribution in [3.8, 4) is 0 Å². The number of hydrogen-bond donors (Lipinski definition) is 1. The normalized spacial score (nSPS) is 16.7. The van der Waals surface area contributed by atoms with Gasteiger partial charge in [0.15, 0.2) is 0 Å². The maximum Gasteiger partial charge on any atom is 0.220 e. The van der Waals surface area contributed by atoms with Gasteiger partial charge in [-0.2, -0.15) is 0 Å². The summed E-state index contributed by atoms with van der Waals surface area (Å²) < 4.78 is 0. The first kappa shape index (κ1) is 19.8. The lowest BCUT2D eigenvalue weighted by atomic mass is 10.0. The van der Waals surface area contributed by atoms with Gasteiger partial charge in [-0.3, -0.25) is 9.69 Å². The predicted octanol–water partition coefficient (Wildman–Crippen LogP) is 3.45. The van der Waals surface area contributed by atoms with E-state index in [4.69, 9.17) is 0 Å². The number of aryl methyl sites for hydroxylation is 1. The van der Waals surface area contributed by atoms with Crippen LogP contribution in [0.25, 0.3) is 0 Å². The van der Waals surface area contributed by atoms with Gasteiger partial charge in [-0.15, -0.1) is 0 Å². The summed E-state index contributed by atoms with van der Waals surface area (Å²) in [6.45, 7) is 12.8. The summed E-state index contributed by atoms with van der Waals surface area (Å²) in [5.41, 5.74) is 2.66. The molecule has 1 fully saturated rings. The highest BCUT2D eigenvalue weighted by Crippen LogP contribution is 2.17. The number of nitrogens with one attached hydrogen (secondary N) is 1. The molecule has 1 aromatic carbocycles. The number of carbonyl (C=O) groups is 1. The third kappa shape index (κ3) is 7.07. The monoisotopic (exact) mass is 345 g/mol. The Morgan fingerprint density at radius 2 is 2.00 bits per heavy atom. The molecule has 1 aliphatic heterocycles. The summed E-state index contributed by atoms with van der Waals surface area (Å²) in [4.78, 5) is 16.9. The van der Waals surface area contributed by atoms with Gasteiger partial charge in [0.05, 0.1) is 0 Å². The van der Waals surface area contributed by atoms with E-state index in [9.17, 15) is 4.79 Å². The number of nitrogens with zero attached hydrogens (tertiary/aromatic N) is 2. The Hall–Kier alpha value is -1.55. The average molecular weight is 346 g/mol. The van der Waals surface area contributed by atoms with Crippen molar-refractivity contribution in [1.82, 2.24) is 10.2 Å². The lowest BCUT2D eigenvalue weighted by Crippen LogP contribution is -2.47. The molecular weight excluding hydrogens is 310 g/mol. The Balaban J connectivity index is 1.59. The van der Waals surface area contributed by atoms with Gasteiger partial charge in [0.2, 0.25) is 5.91 Å². The average Bonchev–Trinajstić information content (AvgIpc) is 2.59. The van der Waals surface area contributed by atoms with Gasteiger partial charge in [-0.25, -0.2) is 0 Å². The fourth-order valence-corrected chi connectivity index (χ4v) is 3.57. The number of anilines is 1. The zero-order valence-electron chi connectivity index (χ0n) is 16.3. The van der Waals surface area contributed by atoms with Crippen molar-refractivity contribution < 1.29 is 4.79 Å². The third-order valence-corrected chi connectivity index (χ3v) is 5.03. The Bertz CT molecular complexity index is 524. The number of hydrogen-bond acceptors (Lipinski definition) is 3. The Morgan fingerprint density at radius 1 is 1.24 bits per heavy atom. The van der Waals surface area contributed by atoms with E-state index in [1.54, 1.807) is 0 Å². The van der Waals surface area contributed by atoms with Gasteiger partial charge >= 0.3 is 0 Å². The molecule has 1 atom stereocenters. The lowest BCUT2D eigenvalue weighted by Gasteiger charge is -2.36. The zero-order valence-corrected chi connectivity index (χ0v) is 16.3. The highest BCUT2D eigenvalue weighted by Gasteiger charge is 2.17. The number of piperazine rings is 1. The third-order valence-electron chi connectivity index (χ3n) is 5.03. The Kier molecular flexibility index (Phi) is 8.26. The van der Waals surface area contributed by atoms with Gasteiger partial charge < -0.3 is 10.2 Å². The summed E-state index contributed by atoms with van der Waals surface area (Å²) in [7, 11) is 0. The molecule has 4 nitrogen and oxygen atoms in total. The van der Waals surface area contributed by atoms with E-state index in [0.29, 0.717) is 12.3 Å². The molecule has 1 aliphatic rings. The summed E-state index contributed by atoms with van der Waals surface area (Å²) in [6, 6.07) is 8.76. The van der Waals surface area contributed by atoms with Crippen molar-refractivity contribution in [3.63, 3.8) is 0 Å². The second kappa shape index (κ2) is 10.4. The van der Waals surface area contributed by atoms with E-state index in [2.05, 4.69) is 60.2 Å². The zero-order chi connectivity index (χ0) is 18.1. The maximum absolute atomic E-state index is 11.9. The second-order valence-electron chi connectivity index (χ2n) is 7.47. The van der Waals surface area contributed by atoms with Gasteiger partial charge in [0.1, 0.15) is 0 Å². The lowest BCUT2D eigenvalue weighted by molar-refractivity contribution is -0.121. The smallest absolute Gasteiger partial charge is 0.220 e. The molecule has 1 saturated heterocycles. The molecule has 140 valence electrons. The van der Waals surface area contributed by atoms with Crippen LogP contribution in [0.4, 0.5) is 5.69 Å².